The van der Waals surface area contributed by atoms with E-state index in [0.717, 1.165) is 25.0 Å². The third-order valence-electron chi connectivity index (χ3n) is 2.76. The number of rotatable bonds is 5. The number of amidine groups is 1. The Bertz CT molecular complexity index is 463. The monoisotopic (exact) mass is 237 g/mol. The van der Waals surface area contributed by atoms with Gasteiger partial charge in [-0.15, -0.1) is 0 Å². The Hall–Kier alpha value is -1.78. The first-order valence-electron chi connectivity index (χ1n) is 5.80. The summed E-state index contributed by atoms with van der Waals surface area (Å²) >= 11 is 0. The molecule has 1 rings (SSSR count). The summed E-state index contributed by atoms with van der Waals surface area (Å²) < 4.78 is 1.67. The molecule has 0 atom stereocenters. The summed E-state index contributed by atoms with van der Waals surface area (Å²) in [6, 6.07) is 3.39. The quantitative estimate of drug-likeness (QED) is 0.267. The van der Waals surface area contributed by atoms with Gasteiger partial charge in [-0.3, -0.25) is 4.79 Å². The molecule has 1 heterocycles. The van der Waals surface area contributed by atoms with Gasteiger partial charge in [-0.1, -0.05) is 24.9 Å². The van der Waals surface area contributed by atoms with Gasteiger partial charge in [-0.05, 0) is 25.5 Å². The van der Waals surface area contributed by atoms with Crippen LogP contribution in [0.1, 0.15) is 37.4 Å². The number of hydrogen-bond donors (Lipinski definition) is 2. The molecule has 0 aliphatic carbocycles. The lowest BCUT2D eigenvalue weighted by molar-refractivity contribution is 0.318. The zero-order valence-corrected chi connectivity index (χ0v) is 10.3. The molecular weight excluding hydrogens is 218 g/mol. The minimum atomic E-state index is -0.198. The van der Waals surface area contributed by atoms with Crippen LogP contribution in [0, 0.1) is 6.92 Å². The molecule has 0 unspecified atom stereocenters. The number of oxime groups is 1. The maximum Gasteiger partial charge on any atom is 0.261 e. The van der Waals surface area contributed by atoms with Crippen molar-refractivity contribution in [3.8, 4) is 0 Å². The van der Waals surface area contributed by atoms with E-state index in [-0.39, 0.29) is 17.0 Å². The summed E-state index contributed by atoms with van der Waals surface area (Å²) in [5, 5.41) is 11.5. The molecule has 1 aromatic heterocycles. The predicted molar refractivity (Wildman–Crippen MR) is 67.5 cm³/mol. The zero-order chi connectivity index (χ0) is 12.8. The Kier molecular flexibility index (Phi) is 4.75. The Morgan fingerprint density at radius 2 is 2.18 bits per heavy atom. The summed E-state index contributed by atoms with van der Waals surface area (Å²) in [7, 11) is 0. The highest BCUT2D eigenvalue weighted by Crippen LogP contribution is 2.02. The molecule has 0 aliphatic rings. The third-order valence-corrected chi connectivity index (χ3v) is 2.76. The van der Waals surface area contributed by atoms with E-state index in [0.29, 0.717) is 6.54 Å². The van der Waals surface area contributed by atoms with Crippen LogP contribution in [-0.2, 0) is 6.54 Å². The number of aromatic nitrogens is 1. The topological polar surface area (TPSA) is 80.6 Å². The minimum absolute atomic E-state index is 0.140. The molecular formula is C12H19N3O2. The predicted octanol–water partition coefficient (Wildman–Crippen LogP) is 1.44. The first-order valence-corrected chi connectivity index (χ1v) is 5.80. The SMILES string of the molecule is CCCCCn1c(C)ccc(/C(N)=N/O)c1=O. The van der Waals surface area contributed by atoms with Gasteiger partial charge in [-0.25, -0.2) is 0 Å². The molecule has 94 valence electrons. The van der Waals surface area contributed by atoms with Crippen molar-refractivity contribution in [2.45, 2.75) is 39.7 Å². The molecule has 5 heteroatoms. The van der Waals surface area contributed by atoms with Crippen molar-refractivity contribution >= 4 is 5.84 Å². The van der Waals surface area contributed by atoms with Gasteiger partial charge < -0.3 is 15.5 Å². The Balaban J connectivity index is 3.07. The molecule has 0 saturated carbocycles. The van der Waals surface area contributed by atoms with E-state index in [4.69, 9.17) is 10.9 Å². The van der Waals surface area contributed by atoms with Gasteiger partial charge >= 0.3 is 0 Å². The molecule has 0 saturated heterocycles. The second kappa shape index (κ2) is 6.08. The van der Waals surface area contributed by atoms with Crippen LogP contribution < -0.4 is 11.3 Å². The van der Waals surface area contributed by atoms with Gasteiger partial charge in [0.2, 0.25) is 0 Å². The minimum Gasteiger partial charge on any atom is -0.409 e. The fraction of sp³-hybridized carbons (Fsp3) is 0.500. The van der Waals surface area contributed by atoms with Gasteiger partial charge in [0.15, 0.2) is 5.84 Å². The third kappa shape index (κ3) is 3.09. The lowest BCUT2D eigenvalue weighted by Gasteiger charge is -2.11. The second-order valence-electron chi connectivity index (χ2n) is 4.04. The Labute approximate surface area is 101 Å². The molecule has 3 N–H and O–H groups in total. The number of nitrogens with two attached hydrogens (primary N) is 1. The van der Waals surface area contributed by atoms with Crippen molar-refractivity contribution in [3.05, 3.63) is 33.7 Å². The molecule has 0 radical (unpaired) electrons. The highest BCUT2D eigenvalue weighted by Gasteiger charge is 2.09. The number of hydrogen-bond acceptors (Lipinski definition) is 3. The van der Waals surface area contributed by atoms with Crippen LogP contribution in [0.5, 0.6) is 0 Å². The van der Waals surface area contributed by atoms with E-state index in [1.54, 1.807) is 16.7 Å². The smallest absolute Gasteiger partial charge is 0.261 e. The molecule has 5 nitrogen and oxygen atoms in total. The fourth-order valence-corrected chi connectivity index (χ4v) is 1.72. The summed E-state index contributed by atoms with van der Waals surface area (Å²) in [4.78, 5) is 12.1. The van der Waals surface area contributed by atoms with E-state index in [1.165, 1.54) is 0 Å². The van der Waals surface area contributed by atoms with Crippen molar-refractivity contribution in [1.29, 1.82) is 0 Å². The lowest BCUT2D eigenvalue weighted by Crippen LogP contribution is -2.31. The summed E-state index contributed by atoms with van der Waals surface area (Å²) in [6.45, 7) is 4.66. The molecule has 0 spiro atoms. The Morgan fingerprint density at radius 3 is 2.76 bits per heavy atom. The Morgan fingerprint density at radius 1 is 1.47 bits per heavy atom. The number of pyridine rings is 1. The molecule has 0 bridgehead atoms. The molecule has 0 amide bonds. The van der Waals surface area contributed by atoms with Gasteiger partial charge in [0, 0.05) is 12.2 Å². The van der Waals surface area contributed by atoms with Crippen molar-refractivity contribution in [2.75, 3.05) is 0 Å². The van der Waals surface area contributed by atoms with E-state index < -0.39 is 0 Å². The summed E-state index contributed by atoms with van der Waals surface area (Å²) in [5.74, 6) is -0.140. The lowest BCUT2D eigenvalue weighted by atomic mass is 10.2. The van der Waals surface area contributed by atoms with Crippen molar-refractivity contribution in [1.82, 2.24) is 4.57 Å². The molecule has 0 fully saturated rings. The molecule has 1 aromatic rings. The van der Waals surface area contributed by atoms with Crippen molar-refractivity contribution in [2.24, 2.45) is 10.9 Å². The highest BCUT2D eigenvalue weighted by molar-refractivity contribution is 5.96. The number of aryl methyl sites for hydroxylation is 1. The van der Waals surface area contributed by atoms with Gasteiger partial charge in [0.25, 0.3) is 5.56 Å². The fourth-order valence-electron chi connectivity index (χ4n) is 1.72. The second-order valence-corrected chi connectivity index (χ2v) is 4.04. The summed E-state index contributed by atoms with van der Waals surface area (Å²) in [5.41, 5.74) is 6.39. The van der Waals surface area contributed by atoms with E-state index >= 15 is 0 Å². The van der Waals surface area contributed by atoms with Crippen molar-refractivity contribution < 1.29 is 5.21 Å². The summed E-state index contributed by atoms with van der Waals surface area (Å²) in [6.07, 6.45) is 3.14. The average molecular weight is 237 g/mol. The number of nitrogens with zero attached hydrogens (tertiary/aromatic N) is 2. The van der Waals surface area contributed by atoms with E-state index in [9.17, 15) is 4.79 Å². The highest BCUT2D eigenvalue weighted by atomic mass is 16.4. The molecule has 0 aliphatic heterocycles. The van der Waals surface area contributed by atoms with Crippen LogP contribution in [-0.4, -0.2) is 15.6 Å². The van der Waals surface area contributed by atoms with Gasteiger partial charge in [-0.2, -0.15) is 0 Å². The van der Waals surface area contributed by atoms with Crippen LogP contribution in [0.2, 0.25) is 0 Å². The van der Waals surface area contributed by atoms with Crippen LogP contribution in [0.15, 0.2) is 22.1 Å². The van der Waals surface area contributed by atoms with E-state index in [2.05, 4.69) is 12.1 Å². The van der Waals surface area contributed by atoms with Gasteiger partial charge in [0.05, 0.1) is 5.56 Å². The number of unbranched alkanes of at least 4 members (excludes halogenated alkanes) is 2. The first-order chi connectivity index (χ1) is 8.11. The van der Waals surface area contributed by atoms with Crippen molar-refractivity contribution in [3.63, 3.8) is 0 Å². The average Bonchev–Trinajstić information content (AvgIpc) is 2.32. The van der Waals surface area contributed by atoms with Crippen LogP contribution >= 0.6 is 0 Å². The maximum atomic E-state index is 12.1. The van der Waals surface area contributed by atoms with Crippen LogP contribution in [0.3, 0.4) is 0 Å². The standard InChI is InChI=1S/C12H19N3O2/c1-3-4-5-8-15-9(2)6-7-10(12(15)16)11(13)14-17/h6-7,17H,3-5,8H2,1-2H3,(H2,13,14). The first kappa shape index (κ1) is 13.3. The normalized spacial score (nSPS) is 11.8. The maximum absolute atomic E-state index is 12.1. The largest absolute Gasteiger partial charge is 0.409 e. The van der Waals surface area contributed by atoms with Crippen LogP contribution in [0.25, 0.3) is 0 Å². The van der Waals surface area contributed by atoms with Crippen LogP contribution in [0.4, 0.5) is 0 Å². The van der Waals surface area contributed by atoms with Gasteiger partial charge in [0.1, 0.15) is 0 Å². The van der Waals surface area contributed by atoms with E-state index in [1.807, 2.05) is 6.92 Å². The zero-order valence-electron chi connectivity index (χ0n) is 10.3. The molecule has 0 aromatic carbocycles. The molecule has 17 heavy (non-hydrogen) atoms.